The maximum Gasteiger partial charge on any atom is 0.314 e. The molecule has 4 nitrogen and oxygen atoms in total. The van der Waals surface area contributed by atoms with Gasteiger partial charge in [0.2, 0.25) is 0 Å². The minimum atomic E-state index is -0.129. The maximum absolute atomic E-state index is 11.4. The van der Waals surface area contributed by atoms with Gasteiger partial charge in [-0.05, 0) is 30.7 Å². The second-order valence-corrected chi connectivity index (χ2v) is 5.11. The second-order valence-electron chi connectivity index (χ2n) is 4.19. The van der Waals surface area contributed by atoms with Gasteiger partial charge in [0.1, 0.15) is 12.4 Å². The van der Waals surface area contributed by atoms with Gasteiger partial charge in [-0.25, -0.2) is 4.79 Å². The minimum Gasteiger partial charge on any atom is -0.492 e. The van der Waals surface area contributed by atoms with Crippen LogP contribution in [0.5, 0.6) is 5.75 Å². The molecule has 1 aromatic carbocycles. The number of ether oxygens (including phenoxy) is 1. The summed E-state index contributed by atoms with van der Waals surface area (Å²) in [5.74, 6) is 0.799. The summed E-state index contributed by atoms with van der Waals surface area (Å²) in [6.07, 6.45) is 3.33. The van der Waals surface area contributed by atoms with Crippen molar-refractivity contribution in [2.45, 2.75) is 26.2 Å². The zero-order chi connectivity index (χ0) is 13.9. The number of carbonyl (C=O) groups is 1. The Labute approximate surface area is 123 Å². The van der Waals surface area contributed by atoms with E-state index in [1.807, 2.05) is 24.3 Å². The molecule has 5 heteroatoms. The van der Waals surface area contributed by atoms with E-state index in [9.17, 15) is 4.79 Å². The minimum absolute atomic E-state index is 0.129. The fourth-order valence-corrected chi connectivity index (χ4v) is 1.77. The maximum atomic E-state index is 11.4. The summed E-state index contributed by atoms with van der Waals surface area (Å²) in [5, 5.41) is 5.57. The van der Waals surface area contributed by atoms with Gasteiger partial charge >= 0.3 is 6.03 Å². The highest BCUT2D eigenvalue weighted by Crippen LogP contribution is 2.15. The molecule has 0 aromatic heterocycles. The van der Waals surface area contributed by atoms with Crippen LogP contribution in [0.15, 0.2) is 28.7 Å². The highest BCUT2D eigenvalue weighted by atomic mass is 79.9. The average Bonchev–Trinajstić information content (AvgIpc) is 2.42. The summed E-state index contributed by atoms with van der Waals surface area (Å²) in [6, 6.07) is 7.48. The Bertz CT molecular complexity index is 368. The normalized spacial score (nSPS) is 10.0. The molecule has 0 aliphatic rings. The molecule has 2 N–H and O–H groups in total. The first kappa shape index (κ1) is 15.8. The van der Waals surface area contributed by atoms with Crippen molar-refractivity contribution in [3.8, 4) is 5.75 Å². The first-order valence-corrected chi connectivity index (χ1v) is 7.41. The number of unbranched alkanes of at least 4 members (excludes halogenated alkanes) is 2. The smallest absolute Gasteiger partial charge is 0.314 e. The molecule has 0 saturated heterocycles. The van der Waals surface area contributed by atoms with Gasteiger partial charge in [-0.1, -0.05) is 35.7 Å². The molecule has 0 atom stereocenters. The Hall–Kier alpha value is -1.23. The van der Waals surface area contributed by atoms with E-state index in [1.54, 1.807) is 0 Å². The molecule has 0 bridgehead atoms. The molecule has 106 valence electrons. The Balaban J connectivity index is 2.03. The molecule has 2 amide bonds. The average molecular weight is 329 g/mol. The summed E-state index contributed by atoms with van der Waals surface area (Å²) < 4.78 is 6.51. The molecule has 0 fully saturated rings. The van der Waals surface area contributed by atoms with Crippen LogP contribution in [0.25, 0.3) is 0 Å². The zero-order valence-corrected chi connectivity index (χ0v) is 12.8. The number of carbonyl (C=O) groups excluding carboxylic acids is 1. The largest absolute Gasteiger partial charge is 0.492 e. The van der Waals surface area contributed by atoms with Crippen LogP contribution >= 0.6 is 15.9 Å². The van der Waals surface area contributed by atoms with Crippen LogP contribution in [0, 0.1) is 0 Å². The fourth-order valence-electron chi connectivity index (χ4n) is 1.50. The topological polar surface area (TPSA) is 50.4 Å². The van der Waals surface area contributed by atoms with Gasteiger partial charge in [-0.2, -0.15) is 0 Å². The quantitative estimate of drug-likeness (QED) is 0.719. The van der Waals surface area contributed by atoms with Gasteiger partial charge in [0.25, 0.3) is 0 Å². The molecule has 0 radical (unpaired) electrons. The van der Waals surface area contributed by atoms with Gasteiger partial charge in [-0.15, -0.1) is 0 Å². The highest BCUT2D eigenvalue weighted by Gasteiger charge is 1.98. The molecule has 0 heterocycles. The molecule has 0 spiro atoms. The summed E-state index contributed by atoms with van der Waals surface area (Å²) in [4.78, 5) is 11.4. The molecule has 1 rings (SSSR count). The molecule has 19 heavy (non-hydrogen) atoms. The van der Waals surface area contributed by atoms with Gasteiger partial charge in [0, 0.05) is 11.0 Å². The SMILES string of the molecule is CCCCCNC(=O)NCCOc1ccc(Br)cc1. The van der Waals surface area contributed by atoms with E-state index in [2.05, 4.69) is 33.5 Å². The van der Waals surface area contributed by atoms with Gasteiger partial charge < -0.3 is 15.4 Å². The Morgan fingerprint density at radius 1 is 1.16 bits per heavy atom. The van der Waals surface area contributed by atoms with Gasteiger partial charge in [0.05, 0.1) is 6.54 Å². The third kappa shape index (κ3) is 7.72. The summed E-state index contributed by atoms with van der Waals surface area (Å²) in [6.45, 7) is 3.83. The van der Waals surface area contributed by atoms with Gasteiger partial charge in [0.15, 0.2) is 0 Å². The van der Waals surface area contributed by atoms with Crippen LogP contribution in [0.1, 0.15) is 26.2 Å². The summed E-state index contributed by atoms with van der Waals surface area (Å²) in [5.41, 5.74) is 0. The molecule has 0 aliphatic carbocycles. The molecule has 1 aromatic rings. The van der Waals surface area contributed by atoms with Crippen molar-refractivity contribution in [1.82, 2.24) is 10.6 Å². The van der Waals surface area contributed by atoms with E-state index in [0.29, 0.717) is 13.2 Å². The van der Waals surface area contributed by atoms with Crippen molar-refractivity contribution in [1.29, 1.82) is 0 Å². The van der Waals surface area contributed by atoms with E-state index in [-0.39, 0.29) is 6.03 Å². The number of nitrogens with one attached hydrogen (secondary N) is 2. The number of urea groups is 1. The predicted molar refractivity (Wildman–Crippen MR) is 80.6 cm³/mol. The van der Waals surface area contributed by atoms with Crippen LogP contribution in [0.2, 0.25) is 0 Å². The van der Waals surface area contributed by atoms with E-state index in [1.165, 1.54) is 0 Å². The summed E-state index contributed by atoms with van der Waals surface area (Å²) >= 11 is 3.36. The molecular formula is C14H21BrN2O2. The van der Waals surface area contributed by atoms with E-state index in [0.717, 1.165) is 36.0 Å². The second kappa shape index (κ2) is 9.67. The number of benzene rings is 1. The van der Waals surface area contributed by atoms with E-state index in [4.69, 9.17) is 4.74 Å². The van der Waals surface area contributed by atoms with Crippen LogP contribution in [-0.2, 0) is 0 Å². The van der Waals surface area contributed by atoms with Crippen molar-refractivity contribution in [3.63, 3.8) is 0 Å². The third-order valence-electron chi connectivity index (χ3n) is 2.54. The third-order valence-corrected chi connectivity index (χ3v) is 3.06. The molecule has 0 saturated carbocycles. The van der Waals surface area contributed by atoms with Crippen LogP contribution in [0.3, 0.4) is 0 Å². The van der Waals surface area contributed by atoms with Crippen molar-refractivity contribution in [3.05, 3.63) is 28.7 Å². The highest BCUT2D eigenvalue weighted by molar-refractivity contribution is 9.10. The number of hydrogen-bond acceptors (Lipinski definition) is 2. The molecular weight excluding hydrogens is 308 g/mol. The fraction of sp³-hybridized carbons (Fsp3) is 0.500. The number of amides is 2. The van der Waals surface area contributed by atoms with Crippen molar-refractivity contribution >= 4 is 22.0 Å². The zero-order valence-electron chi connectivity index (χ0n) is 11.2. The van der Waals surface area contributed by atoms with Crippen LogP contribution in [-0.4, -0.2) is 25.7 Å². The van der Waals surface area contributed by atoms with Crippen molar-refractivity contribution < 1.29 is 9.53 Å². The lowest BCUT2D eigenvalue weighted by Gasteiger charge is -2.09. The number of halogens is 1. The van der Waals surface area contributed by atoms with E-state index < -0.39 is 0 Å². The number of hydrogen-bond donors (Lipinski definition) is 2. The first-order valence-electron chi connectivity index (χ1n) is 6.62. The monoisotopic (exact) mass is 328 g/mol. The van der Waals surface area contributed by atoms with E-state index >= 15 is 0 Å². The van der Waals surface area contributed by atoms with Crippen LogP contribution in [0.4, 0.5) is 4.79 Å². The Kier molecular flexibility index (Phi) is 8.05. The standard InChI is InChI=1S/C14H21BrN2O2/c1-2-3-4-9-16-14(18)17-10-11-19-13-7-5-12(15)6-8-13/h5-8H,2-4,9-11H2,1H3,(H2,16,17,18). The molecule has 0 unspecified atom stereocenters. The van der Waals surface area contributed by atoms with Crippen molar-refractivity contribution in [2.24, 2.45) is 0 Å². The lowest BCUT2D eigenvalue weighted by atomic mass is 10.2. The van der Waals surface area contributed by atoms with Crippen molar-refractivity contribution in [2.75, 3.05) is 19.7 Å². The lowest BCUT2D eigenvalue weighted by Crippen LogP contribution is -2.38. The molecule has 0 aliphatic heterocycles. The van der Waals surface area contributed by atoms with Crippen LogP contribution < -0.4 is 15.4 Å². The Morgan fingerprint density at radius 3 is 2.53 bits per heavy atom. The Morgan fingerprint density at radius 2 is 1.84 bits per heavy atom. The predicted octanol–water partition coefficient (Wildman–Crippen LogP) is 3.32. The number of rotatable bonds is 8. The summed E-state index contributed by atoms with van der Waals surface area (Å²) in [7, 11) is 0. The first-order chi connectivity index (χ1) is 9.22. The van der Waals surface area contributed by atoms with Gasteiger partial charge in [-0.3, -0.25) is 0 Å². The lowest BCUT2D eigenvalue weighted by molar-refractivity contribution is 0.236.